The lowest BCUT2D eigenvalue weighted by molar-refractivity contribution is -0.384. The first-order valence-corrected chi connectivity index (χ1v) is 10.7. The Morgan fingerprint density at radius 1 is 1.06 bits per heavy atom. The third-order valence-corrected chi connectivity index (χ3v) is 6.36. The Balaban J connectivity index is 1.64. The number of thioether (sulfide) groups is 1. The number of carbonyl (C=O) groups is 1. The summed E-state index contributed by atoms with van der Waals surface area (Å²) in [5.41, 5.74) is 4.09. The van der Waals surface area contributed by atoms with Crippen molar-refractivity contribution in [1.82, 2.24) is 0 Å². The molecule has 0 spiro atoms. The second-order valence-corrected chi connectivity index (χ2v) is 8.94. The maximum atomic E-state index is 13.0. The maximum Gasteiger partial charge on any atom is 0.280 e. The molecule has 0 saturated carbocycles. The zero-order valence-electron chi connectivity index (χ0n) is 17.0. The quantitative estimate of drug-likeness (QED) is 0.204. The fraction of sp³-hybridized carbons (Fsp3) is 0.130. The number of aryl methyl sites for hydroxylation is 3. The van der Waals surface area contributed by atoms with Gasteiger partial charge in [0.2, 0.25) is 0 Å². The van der Waals surface area contributed by atoms with E-state index in [0.29, 0.717) is 26.3 Å². The highest BCUT2D eigenvalue weighted by molar-refractivity contribution is 8.27. The van der Waals surface area contributed by atoms with E-state index in [1.807, 2.05) is 32.0 Å². The van der Waals surface area contributed by atoms with Gasteiger partial charge in [0.25, 0.3) is 11.6 Å². The van der Waals surface area contributed by atoms with Crippen LogP contribution in [0, 0.1) is 30.9 Å². The van der Waals surface area contributed by atoms with Gasteiger partial charge in [0.15, 0.2) is 4.32 Å². The molecule has 0 N–H and O–H groups in total. The van der Waals surface area contributed by atoms with Crippen molar-refractivity contribution >= 4 is 51.7 Å². The number of rotatable bonds is 4. The van der Waals surface area contributed by atoms with E-state index >= 15 is 0 Å². The standard InChI is InChI=1S/C23H18N2O4S2/c1-13-4-8-18(19(10-13)25(27)28)20-9-7-17(29-20)12-21-22(26)24(23(30)31-21)16-6-5-14(2)15(3)11-16/h4-12H,1-3H3/b21-12+. The van der Waals surface area contributed by atoms with Crippen LogP contribution in [-0.4, -0.2) is 15.2 Å². The van der Waals surface area contributed by atoms with Gasteiger partial charge >= 0.3 is 0 Å². The number of hydrogen-bond acceptors (Lipinski definition) is 6. The summed E-state index contributed by atoms with van der Waals surface area (Å²) in [6, 6.07) is 14.1. The van der Waals surface area contributed by atoms with Crippen molar-refractivity contribution in [2.24, 2.45) is 0 Å². The number of thiocarbonyl (C=S) groups is 1. The summed E-state index contributed by atoms with van der Waals surface area (Å²) in [6.45, 7) is 5.79. The van der Waals surface area contributed by atoms with Crippen LogP contribution >= 0.6 is 24.0 Å². The molecule has 1 aromatic heterocycles. The molecule has 0 radical (unpaired) electrons. The lowest BCUT2D eigenvalue weighted by Crippen LogP contribution is -2.27. The molecule has 0 aliphatic carbocycles. The molecule has 156 valence electrons. The number of nitro benzene ring substituents is 1. The van der Waals surface area contributed by atoms with Gasteiger partial charge in [-0.15, -0.1) is 0 Å². The summed E-state index contributed by atoms with van der Waals surface area (Å²) in [4.78, 5) is 25.9. The van der Waals surface area contributed by atoms with E-state index in [1.54, 1.807) is 37.3 Å². The zero-order valence-corrected chi connectivity index (χ0v) is 18.7. The van der Waals surface area contributed by atoms with Gasteiger partial charge in [-0.2, -0.15) is 0 Å². The highest BCUT2D eigenvalue weighted by atomic mass is 32.2. The number of benzene rings is 2. The Labute approximate surface area is 188 Å². The van der Waals surface area contributed by atoms with Gasteiger partial charge in [-0.05, 0) is 67.8 Å². The Morgan fingerprint density at radius 2 is 1.84 bits per heavy atom. The molecule has 1 saturated heterocycles. The van der Waals surface area contributed by atoms with Crippen LogP contribution in [0.15, 0.2) is 57.9 Å². The molecule has 1 aliphatic rings. The van der Waals surface area contributed by atoms with Gasteiger partial charge in [0, 0.05) is 12.1 Å². The maximum absolute atomic E-state index is 13.0. The van der Waals surface area contributed by atoms with Crippen LogP contribution in [0.5, 0.6) is 0 Å². The van der Waals surface area contributed by atoms with Crippen LogP contribution in [0.25, 0.3) is 17.4 Å². The first kappa shape index (κ1) is 21.0. The third kappa shape index (κ3) is 4.04. The molecule has 2 heterocycles. The molecule has 1 amide bonds. The van der Waals surface area contributed by atoms with Gasteiger partial charge in [-0.25, -0.2) is 0 Å². The van der Waals surface area contributed by atoms with Crippen LogP contribution in [0.2, 0.25) is 0 Å². The van der Waals surface area contributed by atoms with Gasteiger partial charge in [-0.3, -0.25) is 19.8 Å². The monoisotopic (exact) mass is 450 g/mol. The number of amides is 1. The predicted octanol–water partition coefficient (Wildman–Crippen LogP) is 6.19. The number of hydrogen-bond donors (Lipinski definition) is 0. The number of furan rings is 1. The molecule has 31 heavy (non-hydrogen) atoms. The molecule has 2 aromatic carbocycles. The zero-order chi connectivity index (χ0) is 22.3. The van der Waals surface area contributed by atoms with Gasteiger partial charge < -0.3 is 4.42 Å². The fourth-order valence-corrected chi connectivity index (χ4v) is 4.54. The Kier molecular flexibility index (Phi) is 5.51. The third-order valence-electron chi connectivity index (χ3n) is 5.06. The number of nitro groups is 1. The van der Waals surface area contributed by atoms with Crippen LogP contribution in [0.4, 0.5) is 11.4 Å². The smallest absolute Gasteiger partial charge is 0.280 e. The molecular formula is C23H18N2O4S2. The highest BCUT2D eigenvalue weighted by Gasteiger charge is 2.33. The minimum Gasteiger partial charge on any atom is -0.456 e. The summed E-state index contributed by atoms with van der Waals surface area (Å²) in [5.74, 6) is 0.561. The van der Waals surface area contributed by atoms with Crippen LogP contribution in [0.3, 0.4) is 0 Å². The second-order valence-electron chi connectivity index (χ2n) is 7.27. The summed E-state index contributed by atoms with van der Waals surface area (Å²) in [6.07, 6.45) is 1.61. The van der Waals surface area contributed by atoms with Crippen molar-refractivity contribution in [2.75, 3.05) is 4.90 Å². The number of nitrogens with zero attached hydrogens (tertiary/aromatic N) is 2. The molecule has 0 unspecified atom stereocenters. The minimum absolute atomic E-state index is 0.0260. The molecule has 3 aromatic rings. The summed E-state index contributed by atoms with van der Waals surface area (Å²) in [7, 11) is 0. The van der Waals surface area contributed by atoms with Crippen molar-refractivity contribution in [3.8, 4) is 11.3 Å². The summed E-state index contributed by atoms with van der Waals surface area (Å²) in [5, 5.41) is 11.4. The van der Waals surface area contributed by atoms with Crippen LogP contribution < -0.4 is 4.90 Å². The van der Waals surface area contributed by atoms with Crippen molar-refractivity contribution in [3.63, 3.8) is 0 Å². The average molecular weight is 451 g/mol. The molecule has 1 aliphatic heterocycles. The first-order valence-electron chi connectivity index (χ1n) is 9.45. The van der Waals surface area contributed by atoms with Crippen molar-refractivity contribution < 1.29 is 14.1 Å². The number of carbonyl (C=O) groups excluding carboxylic acids is 1. The molecule has 0 bridgehead atoms. The van der Waals surface area contributed by atoms with Crippen LogP contribution in [-0.2, 0) is 4.79 Å². The van der Waals surface area contributed by atoms with E-state index in [9.17, 15) is 14.9 Å². The Bertz CT molecular complexity index is 1280. The van der Waals surface area contributed by atoms with Crippen LogP contribution in [0.1, 0.15) is 22.5 Å². The Hall–Kier alpha value is -3.23. The van der Waals surface area contributed by atoms with Gasteiger partial charge in [-0.1, -0.05) is 36.1 Å². The molecule has 6 nitrogen and oxygen atoms in total. The number of anilines is 1. The average Bonchev–Trinajstić information content (AvgIpc) is 3.28. The van der Waals surface area contributed by atoms with E-state index < -0.39 is 4.92 Å². The fourth-order valence-electron chi connectivity index (χ4n) is 3.26. The van der Waals surface area contributed by atoms with Gasteiger partial charge in [0.1, 0.15) is 11.5 Å². The topological polar surface area (TPSA) is 76.6 Å². The summed E-state index contributed by atoms with van der Waals surface area (Å²) < 4.78 is 6.26. The largest absolute Gasteiger partial charge is 0.456 e. The Morgan fingerprint density at radius 3 is 2.55 bits per heavy atom. The van der Waals surface area contributed by atoms with Crippen molar-refractivity contribution in [3.05, 3.63) is 86.0 Å². The predicted molar refractivity (Wildman–Crippen MR) is 127 cm³/mol. The molecule has 4 rings (SSSR count). The van der Waals surface area contributed by atoms with E-state index in [1.165, 1.54) is 22.7 Å². The molecule has 0 atom stereocenters. The highest BCUT2D eigenvalue weighted by Crippen LogP contribution is 2.38. The lowest BCUT2D eigenvalue weighted by atomic mass is 10.1. The first-order chi connectivity index (χ1) is 14.7. The van der Waals surface area contributed by atoms with Crippen molar-refractivity contribution in [2.45, 2.75) is 20.8 Å². The van der Waals surface area contributed by atoms with Crippen molar-refractivity contribution in [1.29, 1.82) is 0 Å². The van der Waals surface area contributed by atoms with E-state index in [2.05, 4.69) is 0 Å². The van der Waals surface area contributed by atoms with Gasteiger partial charge in [0.05, 0.1) is 21.1 Å². The van der Waals surface area contributed by atoms with E-state index in [4.69, 9.17) is 16.6 Å². The molecular weight excluding hydrogens is 432 g/mol. The second kappa shape index (κ2) is 8.13. The van der Waals surface area contributed by atoms with E-state index in [-0.39, 0.29) is 11.6 Å². The summed E-state index contributed by atoms with van der Waals surface area (Å²) >= 11 is 6.63. The lowest BCUT2D eigenvalue weighted by Gasteiger charge is -2.15. The normalized spacial score (nSPS) is 15.2. The SMILES string of the molecule is Cc1ccc(-c2ccc(/C=C3/SC(=S)N(c4ccc(C)c(C)c4)C3=O)o2)c([N+](=O)[O-])c1. The molecule has 8 heteroatoms. The minimum atomic E-state index is -0.431. The molecule has 1 fully saturated rings. The van der Waals surface area contributed by atoms with E-state index in [0.717, 1.165) is 22.4 Å².